The Labute approximate surface area is 99.6 Å². The molecule has 1 nitrogen and oxygen atoms in total. The van der Waals surface area contributed by atoms with Crippen molar-refractivity contribution in [3.63, 3.8) is 0 Å². The van der Waals surface area contributed by atoms with Crippen LogP contribution in [0.15, 0.2) is 24.8 Å². The van der Waals surface area contributed by atoms with E-state index in [-0.39, 0.29) is 0 Å². The van der Waals surface area contributed by atoms with Crippen LogP contribution in [0.2, 0.25) is 0 Å². The lowest BCUT2D eigenvalue weighted by Gasteiger charge is -2.17. The van der Waals surface area contributed by atoms with Gasteiger partial charge < -0.3 is 5.32 Å². The number of nitrogens with one attached hydrogen (secondary N) is 1. The number of anilines is 1. The molecule has 1 aromatic rings. The third-order valence-corrected chi connectivity index (χ3v) is 3.13. The van der Waals surface area contributed by atoms with E-state index in [2.05, 4.69) is 43.9 Å². The summed E-state index contributed by atoms with van der Waals surface area (Å²) in [4.78, 5) is 0. The third kappa shape index (κ3) is 2.88. The minimum Gasteiger partial charge on any atom is -0.388 e. The van der Waals surface area contributed by atoms with Crippen LogP contribution in [0.3, 0.4) is 0 Å². The topological polar surface area (TPSA) is 12.0 Å². The molecule has 1 atom stereocenters. The van der Waals surface area contributed by atoms with E-state index in [0.717, 1.165) is 0 Å². The number of hydrogen-bond donors (Lipinski definition) is 1. The van der Waals surface area contributed by atoms with Crippen LogP contribution >= 0.6 is 0 Å². The van der Waals surface area contributed by atoms with E-state index in [9.17, 15) is 0 Å². The molecule has 1 heteroatoms. The van der Waals surface area contributed by atoms with Gasteiger partial charge in [-0.25, -0.2) is 0 Å². The highest BCUT2D eigenvalue weighted by Gasteiger charge is 2.10. The van der Waals surface area contributed by atoms with Crippen LogP contribution < -0.4 is 5.32 Å². The highest BCUT2D eigenvalue weighted by molar-refractivity contribution is 5.69. The van der Waals surface area contributed by atoms with Crippen molar-refractivity contribution >= 4 is 11.8 Å². The predicted octanol–water partition coefficient (Wildman–Crippen LogP) is 4.67. The van der Waals surface area contributed by atoms with Crippen LogP contribution in [0.5, 0.6) is 0 Å². The van der Waals surface area contributed by atoms with Crippen LogP contribution in [-0.2, 0) is 0 Å². The lowest BCUT2D eigenvalue weighted by Crippen LogP contribution is -2.00. The van der Waals surface area contributed by atoms with Crippen molar-refractivity contribution in [1.82, 2.24) is 0 Å². The monoisotopic (exact) mass is 217 g/mol. The molecular weight excluding hydrogens is 194 g/mol. The summed E-state index contributed by atoms with van der Waals surface area (Å²) in [5.41, 5.74) is 3.85. The van der Waals surface area contributed by atoms with Gasteiger partial charge in [0, 0.05) is 18.3 Å². The van der Waals surface area contributed by atoms with E-state index in [1.165, 1.54) is 36.1 Å². The van der Waals surface area contributed by atoms with Gasteiger partial charge in [-0.15, -0.1) is 0 Å². The fourth-order valence-corrected chi connectivity index (χ4v) is 2.12. The summed E-state index contributed by atoms with van der Waals surface area (Å²) in [5.74, 6) is 0.612. The van der Waals surface area contributed by atoms with Gasteiger partial charge >= 0.3 is 0 Å². The number of benzene rings is 1. The zero-order valence-corrected chi connectivity index (χ0v) is 10.7. The van der Waals surface area contributed by atoms with Gasteiger partial charge in [0.25, 0.3) is 0 Å². The van der Waals surface area contributed by atoms with Crippen molar-refractivity contribution in [1.29, 1.82) is 0 Å². The molecule has 0 aliphatic carbocycles. The minimum absolute atomic E-state index is 0.612. The van der Waals surface area contributed by atoms with Crippen molar-refractivity contribution in [2.24, 2.45) is 0 Å². The Morgan fingerprint density at radius 3 is 2.75 bits per heavy atom. The summed E-state index contributed by atoms with van der Waals surface area (Å²) in [6.45, 7) is 8.47. The van der Waals surface area contributed by atoms with Crippen molar-refractivity contribution in [3.8, 4) is 0 Å². The van der Waals surface area contributed by atoms with Gasteiger partial charge in [0.1, 0.15) is 0 Å². The second-order valence-corrected chi connectivity index (χ2v) is 4.31. The predicted molar refractivity (Wildman–Crippen MR) is 74.0 cm³/mol. The van der Waals surface area contributed by atoms with Crippen LogP contribution in [0.1, 0.15) is 50.2 Å². The third-order valence-electron chi connectivity index (χ3n) is 3.13. The molecule has 0 heterocycles. The number of unbranched alkanes of at least 4 members (excludes halogenated alkanes) is 1. The summed E-state index contributed by atoms with van der Waals surface area (Å²) < 4.78 is 0. The molecular formula is C15H23N. The quantitative estimate of drug-likeness (QED) is 0.730. The number of hydrogen-bond acceptors (Lipinski definition) is 1. The first-order valence-corrected chi connectivity index (χ1v) is 6.17. The van der Waals surface area contributed by atoms with Gasteiger partial charge in [-0.1, -0.05) is 51.5 Å². The highest BCUT2D eigenvalue weighted by atomic mass is 14.8. The average Bonchev–Trinajstić information content (AvgIpc) is 2.34. The van der Waals surface area contributed by atoms with Crippen molar-refractivity contribution in [2.45, 2.75) is 39.0 Å². The van der Waals surface area contributed by atoms with Crippen LogP contribution in [-0.4, -0.2) is 7.05 Å². The molecule has 88 valence electrons. The first kappa shape index (κ1) is 12.8. The van der Waals surface area contributed by atoms with Gasteiger partial charge in [0.15, 0.2) is 0 Å². The summed E-state index contributed by atoms with van der Waals surface area (Å²) in [6.07, 6.45) is 5.77. The second-order valence-electron chi connectivity index (χ2n) is 4.31. The molecule has 0 saturated carbocycles. The van der Waals surface area contributed by atoms with Gasteiger partial charge in [-0.05, 0) is 24.0 Å². The summed E-state index contributed by atoms with van der Waals surface area (Å²) in [6, 6.07) is 6.45. The van der Waals surface area contributed by atoms with Gasteiger partial charge in [0.05, 0.1) is 0 Å². The maximum Gasteiger partial charge on any atom is 0.0413 e. The Kier molecular flexibility index (Phi) is 5.10. The molecule has 16 heavy (non-hydrogen) atoms. The molecule has 0 bridgehead atoms. The molecule has 1 unspecified atom stereocenters. The normalized spacial score (nSPS) is 12.2. The Bertz CT molecular complexity index is 341. The summed E-state index contributed by atoms with van der Waals surface area (Å²) in [7, 11) is 1.96. The highest BCUT2D eigenvalue weighted by Crippen LogP contribution is 2.30. The molecule has 1 N–H and O–H groups in total. The van der Waals surface area contributed by atoms with E-state index < -0.39 is 0 Å². The Hall–Kier alpha value is -1.24. The van der Waals surface area contributed by atoms with E-state index in [0.29, 0.717) is 5.92 Å². The standard InChI is InChI=1S/C15H23N/c1-5-7-9-12(3)14-10-8-11-15(16-4)13(14)6-2/h6,8,10-12,16H,2,5,7,9H2,1,3-4H3. The Morgan fingerprint density at radius 2 is 2.19 bits per heavy atom. The van der Waals surface area contributed by atoms with Crippen LogP contribution in [0.25, 0.3) is 6.08 Å². The van der Waals surface area contributed by atoms with Crippen LogP contribution in [0, 0.1) is 0 Å². The number of rotatable bonds is 6. The molecule has 0 aliphatic heterocycles. The largest absolute Gasteiger partial charge is 0.388 e. The Balaban J connectivity index is 2.97. The van der Waals surface area contributed by atoms with E-state index in [4.69, 9.17) is 0 Å². The molecule has 0 aliphatic rings. The van der Waals surface area contributed by atoms with Gasteiger partial charge in [-0.2, -0.15) is 0 Å². The maximum atomic E-state index is 3.92. The van der Waals surface area contributed by atoms with Crippen LogP contribution in [0.4, 0.5) is 5.69 Å². The van der Waals surface area contributed by atoms with Gasteiger partial charge in [-0.3, -0.25) is 0 Å². The fraction of sp³-hybridized carbons (Fsp3) is 0.467. The summed E-state index contributed by atoms with van der Waals surface area (Å²) >= 11 is 0. The fourth-order valence-electron chi connectivity index (χ4n) is 2.12. The van der Waals surface area contributed by atoms with Crippen molar-refractivity contribution in [3.05, 3.63) is 35.9 Å². The smallest absolute Gasteiger partial charge is 0.0413 e. The molecule has 1 rings (SSSR count). The minimum atomic E-state index is 0.612. The SMILES string of the molecule is C=Cc1c(NC)cccc1C(C)CCCC. The first-order valence-electron chi connectivity index (χ1n) is 6.17. The molecule has 0 fully saturated rings. The first-order chi connectivity index (χ1) is 7.74. The molecule has 0 saturated heterocycles. The maximum absolute atomic E-state index is 3.92. The molecule has 0 radical (unpaired) electrons. The van der Waals surface area contributed by atoms with E-state index in [1.807, 2.05) is 13.1 Å². The molecule has 0 aromatic heterocycles. The molecule has 0 amide bonds. The van der Waals surface area contributed by atoms with E-state index >= 15 is 0 Å². The summed E-state index contributed by atoms with van der Waals surface area (Å²) in [5, 5.41) is 3.23. The Morgan fingerprint density at radius 1 is 1.44 bits per heavy atom. The second kappa shape index (κ2) is 6.37. The lowest BCUT2D eigenvalue weighted by molar-refractivity contribution is 0.624. The van der Waals surface area contributed by atoms with E-state index in [1.54, 1.807) is 0 Å². The zero-order valence-electron chi connectivity index (χ0n) is 10.7. The molecule has 1 aromatic carbocycles. The zero-order chi connectivity index (χ0) is 12.0. The molecule has 0 spiro atoms. The van der Waals surface area contributed by atoms with Crippen molar-refractivity contribution in [2.75, 3.05) is 12.4 Å². The lowest BCUT2D eigenvalue weighted by atomic mass is 9.90. The van der Waals surface area contributed by atoms with Gasteiger partial charge in [0.2, 0.25) is 0 Å². The van der Waals surface area contributed by atoms with Crippen molar-refractivity contribution < 1.29 is 0 Å². The average molecular weight is 217 g/mol.